The van der Waals surface area contributed by atoms with Gasteiger partial charge in [-0.15, -0.1) is 4.33 Å². The van der Waals surface area contributed by atoms with Gasteiger partial charge in [-0.2, -0.15) is 0 Å². The van der Waals surface area contributed by atoms with Gasteiger partial charge in [0.2, 0.25) is 68.7 Å². The predicted octanol–water partition coefficient (Wildman–Crippen LogP) is -10.9. The number of aliphatic carboxylic acids is 1. The largest absolute Gasteiger partial charge is 0.748 e. The third-order valence-corrected chi connectivity index (χ3v) is 17.3. The Bertz CT molecular complexity index is 3290. The van der Waals surface area contributed by atoms with Gasteiger partial charge in [0, 0.05) is 56.9 Å². The lowest BCUT2D eigenvalue weighted by molar-refractivity contribution is -0.399. The fourth-order valence-corrected chi connectivity index (χ4v) is 13.7. The molecule has 0 aromatic carbocycles. The van der Waals surface area contributed by atoms with Crippen molar-refractivity contribution in [2.24, 2.45) is 11.8 Å². The zero-order valence-corrected chi connectivity index (χ0v) is 54.7. The number of carboxylic acids is 1. The average Bonchev–Trinajstić information content (AvgIpc) is 1.52. The molecule has 0 spiro atoms. The van der Waals surface area contributed by atoms with E-state index in [1.165, 1.54) is 0 Å². The monoisotopic (exact) mass is 1530 g/mol. The van der Waals surface area contributed by atoms with Gasteiger partial charge in [-0.25, -0.2) is 59.6 Å². The highest BCUT2D eigenvalue weighted by Crippen LogP contribution is 2.63. The first-order chi connectivity index (χ1) is 44.1. The Balaban J connectivity index is 1.43. The number of rotatable bonds is 37. The molecule has 5 heterocycles. The summed E-state index contributed by atoms with van der Waals surface area (Å²) in [7, 11) is -29.1. The third kappa shape index (κ3) is 21.1. The number of carbonyl (C=O) groups is 2. The van der Waals surface area contributed by atoms with Crippen LogP contribution in [0.1, 0.15) is 0 Å². The summed E-state index contributed by atoms with van der Waals surface area (Å²) >= 11 is -3.66. The number of carbonyl (C=O) groups excluding carboxylic acids is 2. The summed E-state index contributed by atoms with van der Waals surface area (Å²) in [5.74, 6) is -8.75. The molecule has 56 heteroatoms. The van der Waals surface area contributed by atoms with Crippen molar-refractivity contribution in [1.29, 1.82) is 0 Å². The smallest absolute Gasteiger partial charge is 0.295 e. The molecule has 0 radical (unpaired) electrons. The molecule has 6 fully saturated rings. The molecule has 0 bridgehead atoms. The van der Waals surface area contributed by atoms with E-state index in [0.717, 1.165) is 49.8 Å². The minimum Gasteiger partial charge on any atom is -0.748 e. The summed E-state index contributed by atoms with van der Waals surface area (Å²) in [6, 6.07) is 0. The fourth-order valence-electron chi connectivity index (χ4n) is 11.1. The van der Waals surface area contributed by atoms with Gasteiger partial charge < -0.3 is 127 Å². The van der Waals surface area contributed by atoms with E-state index < -0.39 is 259 Å². The molecule has 15 unspecified atom stereocenters. The molecule has 0 amide bonds. The van der Waals surface area contributed by atoms with Crippen LogP contribution in [0.4, 0.5) is 0 Å². The first kappa shape index (κ1) is 81.5. The van der Waals surface area contributed by atoms with E-state index in [0.29, 0.717) is 7.11 Å². The van der Waals surface area contributed by atoms with Gasteiger partial charge in [-0.05, 0) is 0 Å². The highest BCUT2D eigenvalue weighted by molar-refractivity contribution is 7.82. The van der Waals surface area contributed by atoms with Crippen molar-refractivity contribution in [2.75, 3.05) is 76.7 Å². The van der Waals surface area contributed by atoms with Crippen molar-refractivity contribution < 1.29 is 221 Å². The number of ether oxygens (including phenoxy) is 18. The Labute approximate surface area is 540 Å². The quantitative estimate of drug-likeness (QED) is 0.0106. The lowest BCUT2D eigenvalue weighted by atomic mass is 9.95. The zero-order valence-electron chi connectivity index (χ0n) is 49.0. The van der Waals surface area contributed by atoms with Crippen LogP contribution in [0.5, 0.6) is 0 Å². The average molecular weight is 1530 g/mol. The number of hydrogen-bond acceptors (Lipinski definition) is 49. The SMILES string of the molecule is COC1C(OC)[C@H](OC)C(COS(=O)(=O)[O-])O[C@@H]1O[C@@H]1C(C(=O)[O-])O[C@@H](O[C@@H]2C(COOS(=O)[O-])O[C@@H](OC3(OC)[C@@H]4C(OC=O)O[C@@H](O[C@@H]5C(COS(=O)(=O)[O-])O[C@H](OC)C(OS(=O)(=O)[O-])C5OS(=O)(=O)[O-])C(OC)[C@H]43)C(OS(=O)(=O)[O-])[C@H]2OS(=O)(=O)[O-])C(OC)C1OC. The summed E-state index contributed by atoms with van der Waals surface area (Å²) in [5.41, 5.74) is 0. The summed E-state index contributed by atoms with van der Waals surface area (Å²) in [5, 5.41) is 13.1. The number of methoxy groups -OCH3 is 8. The van der Waals surface area contributed by atoms with Gasteiger partial charge in [0.25, 0.3) is 6.47 Å². The topological polar surface area (TPSA) is 681 Å². The normalized spacial score (nSPS) is 39.4. The van der Waals surface area contributed by atoms with Gasteiger partial charge in [0.15, 0.2) is 49.4 Å². The second-order valence-electron chi connectivity index (χ2n) is 19.6. The van der Waals surface area contributed by atoms with Gasteiger partial charge >= 0.3 is 0 Å². The fraction of sp³-hybridized carbons (Fsp3) is 0.949. The molecule has 1 aliphatic carbocycles. The molecule has 556 valence electrons. The molecule has 5 aliphatic heterocycles. The molecular weight excluding hydrogens is 1480 g/mol. The molecule has 1 saturated carbocycles. The lowest BCUT2D eigenvalue weighted by Crippen LogP contribution is -2.69. The van der Waals surface area contributed by atoms with Crippen LogP contribution in [-0.4, -0.2) is 323 Å². The minimum atomic E-state index is -6.41. The number of hydrogen-bond donors (Lipinski definition) is 0. The van der Waals surface area contributed by atoms with E-state index in [1.54, 1.807) is 0 Å². The van der Waals surface area contributed by atoms with Gasteiger partial charge in [0.1, 0.15) is 110 Å². The van der Waals surface area contributed by atoms with E-state index in [-0.39, 0.29) is 6.47 Å². The van der Waals surface area contributed by atoms with E-state index in [4.69, 9.17) is 89.4 Å². The van der Waals surface area contributed by atoms with Crippen molar-refractivity contribution in [1.82, 2.24) is 0 Å². The van der Waals surface area contributed by atoms with E-state index in [1.807, 2.05) is 0 Å². The van der Waals surface area contributed by atoms with E-state index >= 15 is 0 Å². The van der Waals surface area contributed by atoms with Gasteiger partial charge in [0.05, 0.1) is 31.0 Å². The number of fused-ring (bicyclic) bond motifs is 1. The second kappa shape index (κ2) is 33.1. The summed E-state index contributed by atoms with van der Waals surface area (Å²) in [6.45, 7) is -4.56. The van der Waals surface area contributed by atoms with Crippen molar-refractivity contribution >= 4 is 86.2 Å². The Morgan fingerprint density at radius 2 is 0.821 bits per heavy atom. The molecular formula is C39H56O49S7-8. The molecule has 0 N–H and O–H groups in total. The first-order valence-electron chi connectivity index (χ1n) is 25.7. The van der Waals surface area contributed by atoms with Crippen LogP contribution in [0.2, 0.25) is 0 Å². The summed E-state index contributed by atoms with van der Waals surface area (Å²) in [4.78, 5) is 30.0. The molecule has 6 rings (SSSR count). The van der Waals surface area contributed by atoms with Crippen molar-refractivity contribution in [2.45, 2.75) is 147 Å². The van der Waals surface area contributed by atoms with Crippen LogP contribution < -0.4 is 5.11 Å². The van der Waals surface area contributed by atoms with Crippen LogP contribution in [0.15, 0.2) is 0 Å². The zero-order chi connectivity index (χ0) is 71.3. The first-order valence-corrected chi connectivity index (χ1v) is 34.7. The summed E-state index contributed by atoms with van der Waals surface area (Å²) in [6.07, 6.45) is -53.3. The minimum absolute atomic E-state index is 0.362. The standard InChI is InChI=1S/C39H64O49S7/c1-63-18-14(10-73-90(45,46)47)76-36(28(67-5)22(18)65-3)80-24-23(66-4)29(68-6)37(81-27(24)32(41)42)79-19-13(9-72-88-89(43)44)77-38(31(87-95(60,61)62)26(19)85-93(54,55)56)83-39(70-8)16-17(39)33(71-12-40)82-35(21(16)64-2)78-20-15(11-74-91(48,49)50)75-34(69-7)30(86-94(57,58)59)25(20)84-92(51,52)53/h12-31,33-38H,9-11H2,1-8H3,(H,41,42)(H,43,44)(H,45,46,47)(H,48,49,50)(H,51,52,53)(H,54,55,56)(H,57,58,59)(H,60,61,62)/p-8/t13?,14?,15?,16-,17-,18+,19+,20+,21?,22?,23?,24-,25?,26-,27?,28?,29?,30?,31?,33?,34-,35+,36+,37+,38-,39?/m0/s1. The van der Waals surface area contributed by atoms with E-state index in [9.17, 15) is 101 Å². The van der Waals surface area contributed by atoms with Crippen LogP contribution in [0, 0.1) is 11.8 Å². The molecule has 27 atom stereocenters. The van der Waals surface area contributed by atoms with Crippen LogP contribution in [0.25, 0.3) is 0 Å². The molecule has 0 aromatic rings. The van der Waals surface area contributed by atoms with Crippen LogP contribution in [-0.2, 0) is 203 Å². The Hall–Kier alpha value is -2.49. The van der Waals surface area contributed by atoms with Crippen LogP contribution in [0.3, 0.4) is 0 Å². The molecule has 6 aliphatic rings. The predicted molar refractivity (Wildman–Crippen MR) is 265 cm³/mol. The maximum Gasteiger partial charge on any atom is 0.295 e. The van der Waals surface area contributed by atoms with Gasteiger partial charge in [-0.1, -0.05) is 0 Å². The molecule has 49 nitrogen and oxygen atoms in total. The van der Waals surface area contributed by atoms with Crippen molar-refractivity contribution in [3.8, 4) is 0 Å². The lowest BCUT2D eigenvalue weighted by Gasteiger charge is -2.51. The highest BCUT2D eigenvalue weighted by Gasteiger charge is 2.80. The number of carboxylic acid groups (broad SMARTS) is 1. The Morgan fingerprint density at radius 3 is 1.23 bits per heavy atom. The molecule has 0 aromatic heterocycles. The van der Waals surface area contributed by atoms with Crippen LogP contribution >= 0.6 is 0 Å². The van der Waals surface area contributed by atoms with Crippen molar-refractivity contribution in [3.63, 3.8) is 0 Å². The maximum absolute atomic E-state index is 13.1. The summed E-state index contributed by atoms with van der Waals surface area (Å²) < 4.78 is 374. The van der Waals surface area contributed by atoms with Gasteiger partial charge in [-0.3, -0.25) is 29.9 Å². The maximum atomic E-state index is 13.1. The molecule has 95 heavy (non-hydrogen) atoms. The Kier molecular flexibility index (Phi) is 28.4. The van der Waals surface area contributed by atoms with E-state index in [2.05, 4.69) is 30.1 Å². The Morgan fingerprint density at radius 1 is 0.432 bits per heavy atom. The highest BCUT2D eigenvalue weighted by atomic mass is 32.3. The second-order valence-corrected chi connectivity index (χ2v) is 26.3. The molecule has 5 saturated heterocycles. The third-order valence-electron chi connectivity index (χ3n) is 14.4. The van der Waals surface area contributed by atoms with Crippen molar-refractivity contribution in [3.05, 3.63) is 0 Å².